The van der Waals surface area contributed by atoms with Crippen molar-refractivity contribution in [1.82, 2.24) is 14.8 Å². The van der Waals surface area contributed by atoms with Gasteiger partial charge in [0.2, 0.25) is 0 Å². The fourth-order valence-corrected chi connectivity index (χ4v) is 1.49. The number of rotatable bonds is 5. The van der Waals surface area contributed by atoms with E-state index >= 15 is 0 Å². The molecule has 18 heavy (non-hydrogen) atoms. The molecule has 7 heteroatoms. The highest BCUT2D eigenvalue weighted by Crippen LogP contribution is 2.17. The lowest BCUT2D eigenvalue weighted by molar-refractivity contribution is 0.0781. The summed E-state index contributed by atoms with van der Waals surface area (Å²) in [5.74, 6) is 5.44. The number of aromatic nitrogens is 1. The number of hydrogen-bond donors (Lipinski definition) is 2. The zero-order valence-corrected chi connectivity index (χ0v) is 11.5. The Morgan fingerprint density at radius 3 is 2.61 bits per heavy atom. The van der Waals surface area contributed by atoms with E-state index in [0.717, 1.165) is 6.54 Å². The molecule has 0 aliphatic rings. The number of likely N-dealkylation sites (N-methyl/N-ethyl adjacent to an activating group) is 2. The van der Waals surface area contributed by atoms with Crippen LogP contribution in [-0.2, 0) is 0 Å². The molecular weight excluding hydrogens is 254 g/mol. The molecule has 0 fully saturated rings. The standard InChI is InChI=1S/C11H18ClN5O/c1-16(2)6-7-17(3)11(18)10-8(12)4-5-9(14-10)15-13/h4-5H,6-7,13H2,1-3H3,(H,14,15). The lowest BCUT2D eigenvalue weighted by atomic mass is 10.3. The third-order valence-electron chi connectivity index (χ3n) is 2.43. The second-order valence-corrected chi connectivity index (χ2v) is 4.61. The summed E-state index contributed by atoms with van der Waals surface area (Å²) < 4.78 is 0. The number of nitrogens with one attached hydrogen (secondary N) is 1. The van der Waals surface area contributed by atoms with Gasteiger partial charge < -0.3 is 15.2 Å². The average molecular weight is 272 g/mol. The fraction of sp³-hybridized carbons (Fsp3) is 0.455. The Bertz CT molecular complexity index is 424. The number of hydrogen-bond acceptors (Lipinski definition) is 5. The smallest absolute Gasteiger partial charge is 0.273 e. The van der Waals surface area contributed by atoms with Crippen LogP contribution in [0.25, 0.3) is 0 Å². The summed E-state index contributed by atoms with van der Waals surface area (Å²) in [6.45, 7) is 1.37. The Balaban J connectivity index is 2.82. The highest BCUT2D eigenvalue weighted by Gasteiger charge is 2.17. The van der Waals surface area contributed by atoms with E-state index in [1.165, 1.54) is 0 Å². The van der Waals surface area contributed by atoms with Crippen molar-refractivity contribution < 1.29 is 4.79 Å². The van der Waals surface area contributed by atoms with Crippen molar-refractivity contribution in [3.63, 3.8) is 0 Å². The highest BCUT2D eigenvalue weighted by molar-refractivity contribution is 6.33. The van der Waals surface area contributed by atoms with Crippen LogP contribution in [0.1, 0.15) is 10.5 Å². The number of anilines is 1. The molecule has 0 aliphatic heterocycles. The van der Waals surface area contributed by atoms with Crippen molar-refractivity contribution in [3.05, 3.63) is 22.8 Å². The Morgan fingerprint density at radius 1 is 1.39 bits per heavy atom. The monoisotopic (exact) mass is 271 g/mol. The quantitative estimate of drug-likeness (QED) is 0.608. The molecule has 0 spiro atoms. The molecule has 100 valence electrons. The number of halogens is 1. The first-order chi connectivity index (χ1) is 8.45. The topological polar surface area (TPSA) is 74.5 Å². The molecule has 0 aromatic carbocycles. The van der Waals surface area contributed by atoms with Crippen molar-refractivity contribution in [2.75, 3.05) is 39.7 Å². The minimum atomic E-state index is -0.223. The van der Waals surface area contributed by atoms with E-state index < -0.39 is 0 Å². The maximum Gasteiger partial charge on any atom is 0.273 e. The normalized spacial score (nSPS) is 10.6. The molecule has 1 aromatic rings. The van der Waals surface area contributed by atoms with Crippen LogP contribution in [0.3, 0.4) is 0 Å². The molecule has 1 aromatic heterocycles. The van der Waals surface area contributed by atoms with E-state index in [1.54, 1.807) is 24.1 Å². The number of carbonyl (C=O) groups excluding carboxylic acids is 1. The average Bonchev–Trinajstić information content (AvgIpc) is 2.35. The van der Waals surface area contributed by atoms with Gasteiger partial charge in [-0.25, -0.2) is 10.8 Å². The summed E-state index contributed by atoms with van der Waals surface area (Å²) in [4.78, 5) is 19.8. The van der Waals surface area contributed by atoms with Gasteiger partial charge >= 0.3 is 0 Å². The highest BCUT2D eigenvalue weighted by atomic mass is 35.5. The van der Waals surface area contributed by atoms with Crippen molar-refractivity contribution >= 4 is 23.3 Å². The minimum Gasteiger partial charge on any atom is -0.339 e. The zero-order valence-electron chi connectivity index (χ0n) is 10.8. The number of pyridine rings is 1. The molecular formula is C11H18ClN5O. The number of hydrazine groups is 1. The van der Waals surface area contributed by atoms with Gasteiger partial charge in [-0.15, -0.1) is 0 Å². The minimum absolute atomic E-state index is 0.202. The molecule has 1 heterocycles. The first-order valence-corrected chi connectivity index (χ1v) is 5.87. The van der Waals surface area contributed by atoms with Gasteiger partial charge in [-0.3, -0.25) is 4.79 Å². The van der Waals surface area contributed by atoms with E-state index in [1.807, 2.05) is 19.0 Å². The van der Waals surface area contributed by atoms with Crippen molar-refractivity contribution in [2.24, 2.45) is 5.84 Å². The number of nitrogens with zero attached hydrogens (tertiary/aromatic N) is 3. The molecule has 6 nitrogen and oxygen atoms in total. The number of nitrogen functional groups attached to an aromatic ring is 1. The number of amides is 1. The molecule has 0 radical (unpaired) electrons. The summed E-state index contributed by atoms with van der Waals surface area (Å²) in [6.07, 6.45) is 0. The first kappa shape index (κ1) is 14.7. The van der Waals surface area contributed by atoms with Crippen LogP contribution in [0.2, 0.25) is 5.02 Å². The van der Waals surface area contributed by atoms with Gasteiger partial charge in [0, 0.05) is 20.1 Å². The lowest BCUT2D eigenvalue weighted by Gasteiger charge is -2.19. The van der Waals surface area contributed by atoms with Crippen LogP contribution in [0.5, 0.6) is 0 Å². The second kappa shape index (κ2) is 6.53. The molecule has 0 aliphatic carbocycles. The van der Waals surface area contributed by atoms with Crippen LogP contribution in [-0.4, -0.2) is 54.9 Å². The Hall–Kier alpha value is -1.37. The van der Waals surface area contributed by atoms with E-state index in [-0.39, 0.29) is 11.6 Å². The molecule has 0 unspecified atom stereocenters. The van der Waals surface area contributed by atoms with Gasteiger partial charge in [0.25, 0.3) is 5.91 Å². The summed E-state index contributed by atoms with van der Waals surface area (Å²) in [5.41, 5.74) is 2.59. The third-order valence-corrected chi connectivity index (χ3v) is 2.73. The maximum absolute atomic E-state index is 12.1. The van der Waals surface area contributed by atoms with Crippen molar-refractivity contribution in [2.45, 2.75) is 0 Å². The second-order valence-electron chi connectivity index (χ2n) is 4.20. The van der Waals surface area contributed by atoms with E-state index in [0.29, 0.717) is 17.4 Å². The fourth-order valence-electron chi connectivity index (χ4n) is 1.30. The molecule has 1 rings (SSSR count). The van der Waals surface area contributed by atoms with E-state index in [2.05, 4.69) is 10.4 Å². The van der Waals surface area contributed by atoms with Crippen molar-refractivity contribution in [3.8, 4) is 0 Å². The number of carbonyl (C=O) groups is 1. The van der Waals surface area contributed by atoms with Gasteiger partial charge in [0.05, 0.1) is 5.02 Å². The molecule has 0 saturated carbocycles. The van der Waals surface area contributed by atoms with Gasteiger partial charge in [-0.05, 0) is 26.2 Å². The van der Waals surface area contributed by atoms with Gasteiger partial charge in [0.1, 0.15) is 11.5 Å². The van der Waals surface area contributed by atoms with Crippen molar-refractivity contribution in [1.29, 1.82) is 0 Å². The molecule has 1 amide bonds. The maximum atomic E-state index is 12.1. The Labute approximate surface area is 112 Å². The van der Waals surface area contributed by atoms with E-state index in [4.69, 9.17) is 17.4 Å². The van der Waals surface area contributed by atoms with Gasteiger partial charge in [0.15, 0.2) is 0 Å². The predicted octanol–water partition coefficient (Wildman–Crippen LogP) is 0.654. The van der Waals surface area contributed by atoms with Crippen LogP contribution in [0, 0.1) is 0 Å². The molecule has 3 N–H and O–H groups in total. The van der Waals surface area contributed by atoms with Gasteiger partial charge in [-0.2, -0.15) is 0 Å². The van der Waals surface area contributed by atoms with Crippen LogP contribution in [0.4, 0.5) is 5.82 Å². The van der Waals surface area contributed by atoms with Gasteiger partial charge in [-0.1, -0.05) is 11.6 Å². The molecule has 0 atom stereocenters. The summed E-state index contributed by atoms with van der Waals surface area (Å²) in [5, 5.41) is 0.315. The van der Waals surface area contributed by atoms with Crippen LogP contribution >= 0.6 is 11.6 Å². The summed E-state index contributed by atoms with van der Waals surface area (Å²) in [7, 11) is 5.61. The van der Waals surface area contributed by atoms with Crippen LogP contribution < -0.4 is 11.3 Å². The SMILES string of the molecule is CN(C)CCN(C)C(=O)c1nc(NN)ccc1Cl. The lowest BCUT2D eigenvalue weighted by Crippen LogP contribution is -2.34. The molecule has 0 bridgehead atoms. The van der Waals surface area contributed by atoms with Crippen LogP contribution in [0.15, 0.2) is 12.1 Å². The third kappa shape index (κ3) is 3.83. The summed E-state index contributed by atoms with van der Waals surface area (Å²) in [6, 6.07) is 3.20. The summed E-state index contributed by atoms with van der Waals surface area (Å²) >= 11 is 5.97. The predicted molar refractivity (Wildman–Crippen MR) is 72.6 cm³/mol. The first-order valence-electron chi connectivity index (χ1n) is 5.49. The molecule has 0 saturated heterocycles. The number of nitrogens with two attached hydrogens (primary N) is 1. The Kier molecular flexibility index (Phi) is 5.33. The Morgan fingerprint density at radius 2 is 2.06 bits per heavy atom. The van der Waals surface area contributed by atoms with E-state index in [9.17, 15) is 4.79 Å². The zero-order chi connectivity index (χ0) is 13.7. The largest absolute Gasteiger partial charge is 0.339 e.